The third-order valence-electron chi connectivity index (χ3n) is 3.30. The van der Waals surface area contributed by atoms with Gasteiger partial charge in [0.15, 0.2) is 4.34 Å². The SMILES string of the molecule is COc1cccc(NC(=O)CSc2nc(-c3ccc(F)cc3)cs2)c1. The Balaban J connectivity index is 1.56. The molecule has 0 aliphatic carbocycles. The maximum absolute atomic E-state index is 13.0. The molecule has 4 nitrogen and oxygen atoms in total. The van der Waals surface area contributed by atoms with E-state index in [4.69, 9.17) is 4.74 Å². The molecule has 3 rings (SSSR count). The molecule has 1 heterocycles. The van der Waals surface area contributed by atoms with Crippen molar-refractivity contribution in [3.8, 4) is 17.0 Å². The second-order valence-corrected chi connectivity index (χ2v) is 7.15. The van der Waals surface area contributed by atoms with Crippen LogP contribution in [0.5, 0.6) is 5.75 Å². The number of amides is 1. The van der Waals surface area contributed by atoms with Crippen molar-refractivity contribution in [2.45, 2.75) is 4.34 Å². The third kappa shape index (κ3) is 4.80. The van der Waals surface area contributed by atoms with E-state index in [0.717, 1.165) is 15.6 Å². The van der Waals surface area contributed by atoms with Crippen molar-refractivity contribution in [2.75, 3.05) is 18.2 Å². The number of carbonyl (C=O) groups is 1. The highest BCUT2D eigenvalue weighted by atomic mass is 32.2. The maximum Gasteiger partial charge on any atom is 0.234 e. The van der Waals surface area contributed by atoms with Crippen LogP contribution < -0.4 is 10.1 Å². The molecule has 0 bridgehead atoms. The molecule has 1 N–H and O–H groups in total. The highest BCUT2D eigenvalue weighted by molar-refractivity contribution is 8.01. The molecule has 25 heavy (non-hydrogen) atoms. The number of anilines is 1. The van der Waals surface area contributed by atoms with Gasteiger partial charge in [0.2, 0.25) is 5.91 Å². The quantitative estimate of drug-likeness (QED) is 0.636. The fraction of sp³-hybridized carbons (Fsp3) is 0.111. The van der Waals surface area contributed by atoms with Crippen LogP contribution in [0, 0.1) is 5.82 Å². The van der Waals surface area contributed by atoms with E-state index < -0.39 is 0 Å². The normalized spacial score (nSPS) is 10.5. The van der Waals surface area contributed by atoms with Crippen molar-refractivity contribution >= 4 is 34.7 Å². The number of thiazole rings is 1. The minimum Gasteiger partial charge on any atom is -0.497 e. The number of halogens is 1. The van der Waals surface area contributed by atoms with Crippen LogP contribution in [0.15, 0.2) is 58.3 Å². The lowest BCUT2D eigenvalue weighted by Gasteiger charge is -2.06. The van der Waals surface area contributed by atoms with Gasteiger partial charge in [-0.1, -0.05) is 17.8 Å². The average molecular weight is 374 g/mol. The van der Waals surface area contributed by atoms with Gasteiger partial charge in [-0.15, -0.1) is 11.3 Å². The summed E-state index contributed by atoms with van der Waals surface area (Å²) in [7, 11) is 1.58. The van der Waals surface area contributed by atoms with Crippen LogP contribution in [0.25, 0.3) is 11.3 Å². The molecular formula is C18H15FN2O2S2. The zero-order valence-corrected chi connectivity index (χ0v) is 15.0. The van der Waals surface area contributed by atoms with E-state index in [1.54, 1.807) is 31.4 Å². The summed E-state index contributed by atoms with van der Waals surface area (Å²) < 4.78 is 18.9. The summed E-state index contributed by atoms with van der Waals surface area (Å²) >= 11 is 2.83. The number of thioether (sulfide) groups is 1. The highest BCUT2D eigenvalue weighted by Crippen LogP contribution is 2.28. The lowest BCUT2D eigenvalue weighted by Crippen LogP contribution is -2.13. The van der Waals surface area contributed by atoms with Crippen molar-refractivity contribution in [2.24, 2.45) is 0 Å². The lowest BCUT2D eigenvalue weighted by molar-refractivity contribution is -0.113. The Bertz CT molecular complexity index is 866. The Morgan fingerprint density at radius 1 is 1.28 bits per heavy atom. The van der Waals surface area contributed by atoms with Gasteiger partial charge in [-0.25, -0.2) is 9.37 Å². The molecule has 7 heteroatoms. The lowest BCUT2D eigenvalue weighted by atomic mass is 10.2. The molecule has 0 saturated heterocycles. The summed E-state index contributed by atoms with van der Waals surface area (Å²) in [6, 6.07) is 13.4. The number of hydrogen-bond donors (Lipinski definition) is 1. The van der Waals surface area contributed by atoms with E-state index in [1.807, 2.05) is 17.5 Å². The average Bonchev–Trinajstić information content (AvgIpc) is 3.10. The molecule has 0 radical (unpaired) electrons. The first-order chi connectivity index (χ1) is 12.1. The van der Waals surface area contributed by atoms with E-state index in [1.165, 1.54) is 35.2 Å². The van der Waals surface area contributed by atoms with Crippen LogP contribution in [0.2, 0.25) is 0 Å². The number of nitrogens with zero attached hydrogens (tertiary/aromatic N) is 1. The number of aromatic nitrogens is 1. The van der Waals surface area contributed by atoms with Gasteiger partial charge in [0.25, 0.3) is 0 Å². The largest absolute Gasteiger partial charge is 0.497 e. The third-order valence-corrected chi connectivity index (χ3v) is 5.32. The highest BCUT2D eigenvalue weighted by Gasteiger charge is 2.09. The van der Waals surface area contributed by atoms with Gasteiger partial charge in [0, 0.05) is 22.7 Å². The van der Waals surface area contributed by atoms with Crippen molar-refractivity contribution in [3.05, 3.63) is 59.7 Å². The first-order valence-electron chi connectivity index (χ1n) is 7.42. The zero-order valence-electron chi connectivity index (χ0n) is 13.4. The standard InChI is InChI=1S/C18H15FN2O2S2/c1-23-15-4-2-3-14(9-15)20-17(22)11-25-18-21-16(10-24-18)12-5-7-13(19)8-6-12/h2-10H,11H2,1H3,(H,20,22). The van der Waals surface area contributed by atoms with E-state index in [9.17, 15) is 9.18 Å². The molecular weight excluding hydrogens is 359 g/mol. The second kappa shape index (κ2) is 8.13. The van der Waals surface area contributed by atoms with Crippen LogP contribution in [0.3, 0.4) is 0 Å². The minimum atomic E-state index is -0.275. The van der Waals surface area contributed by atoms with Gasteiger partial charge in [-0.2, -0.15) is 0 Å². The van der Waals surface area contributed by atoms with E-state index in [-0.39, 0.29) is 17.5 Å². The summed E-state index contributed by atoms with van der Waals surface area (Å²) in [5.74, 6) is 0.557. The summed E-state index contributed by atoms with van der Waals surface area (Å²) in [5.41, 5.74) is 2.32. The van der Waals surface area contributed by atoms with Gasteiger partial charge >= 0.3 is 0 Å². The van der Waals surface area contributed by atoms with Crippen LogP contribution in [0.4, 0.5) is 10.1 Å². The van der Waals surface area contributed by atoms with E-state index in [0.29, 0.717) is 11.4 Å². The number of carbonyl (C=O) groups excluding carboxylic acids is 1. The van der Waals surface area contributed by atoms with E-state index >= 15 is 0 Å². The zero-order chi connectivity index (χ0) is 17.6. The Kier molecular flexibility index (Phi) is 5.67. The molecule has 128 valence electrons. The molecule has 0 fully saturated rings. The Labute approximate surface area is 153 Å². The maximum atomic E-state index is 13.0. The molecule has 0 unspecified atom stereocenters. The van der Waals surface area contributed by atoms with Crippen molar-refractivity contribution < 1.29 is 13.9 Å². The smallest absolute Gasteiger partial charge is 0.234 e. The predicted octanol–water partition coefficient (Wildman–Crippen LogP) is 4.69. The fourth-order valence-corrected chi connectivity index (χ4v) is 3.74. The summed E-state index contributed by atoms with van der Waals surface area (Å²) in [5, 5.41) is 4.73. The number of ether oxygens (including phenoxy) is 1. The molecule has 1 amide bonds. The second-order valence-electron chi connectivity index (χ2n) is 5.07. The number of methoxy groups -OCH3 is 1. The van der Waals surface area contributed by atoms with Crippen LogP contribution in [-0.2, 0) is 4.79 Å². The molecule has 0 aliphatic rings. The van der Waals surface area contributed by atoms with Crippen LogP contribution in [0.1, 0.15) is 0 Å². The Hall–Kier alpha value is -2.38. The molecule has 0 saturated carbocycles. The summed E-state index contributed by atoms with van der Waals surface area (Å²) in [4.78, 5) is 16.5. The van der Waals surface area contributed by atoms with Gasteiger partial charge in [-0.05, 0) is 36.4 Å². The number of nitrogens with one attached hydrogen (secondary N) is 1. The van der Waals surface area contributed by atoms with Gasteiger partial charge < -0.3 is 10.1 Å². The van der Waals surface area contributed by atoms with Crippen molar-refractivity contribution in [3.63, 3.8) is 0 Å². The van der Waals surface area contributed by atoms with Gasteiger partial charge in [0.05, 0.1) is 18.6 Å². The van der Waals surface area contributed by atoms with Crippen molar-refractivity contribution in [1.82, 2.24) is 4.98 Å². The number of rotatable bonds is 6. The molecule has 1 aromatic heterocycles. The molecule has 0 aliphatic heterocycles. The predicted molar refractivity (Wildman–Crippen MR) is 99.9 cm³/mol. The Morgan fingerprint density at radius 2 is 2.08 bits per heavy atom. The van der Waals surface area contributed by atoms with Crippen molar-refractivity contribution in [1.29, 1.82) is 0 Å². The first kappa shape index (κ1) is 17.4. The minimum absolute atomic E-state index is 0.114. The summed E-state index contributed by atoms with van der Waals surface area (Å²) in [6.45, 7) is 0. The monoisotopic (exact) mass is 374 g/mol. The number of hydrogen-bond acceptors (Lipinski definition) is 5. The molecule has 2 aromatic carbocycles. The fourth-order valence-electron chi connectivity index (χ4n) is 2.10. The van der Waals surface area contributed by atoms with Crippen LogP contribution >= 0.6 is 23.1 Å². The topological polar surface area (TPSA) is 51.2 Å². The van der Waals surface area contributed by atoms with Gasteiger partial charge in [-0.3, -0.25) is 4.79 Å². The molecule has 0 atom stereocenters. The molecule has 0 spiro atoms. The first-order valence-corrected chi connectivity index (χ1v) is 9.29. The number of benzene rings is 2. The van der Waals surface area contributed by atoms with E-state index in [2.05, 4.69) is 10.3 Å². The van der Waals surface area contributed by atoms with Crippen LogP contribution in [-0.4, -0.2) is 23.8 Å². The Morgan fingerprint density at radius 3 is 2.84 bits per heavy atom. The van der Waals surface area contributed by atoms with Gasteiger partial charge in [0.1, 0.15) is 11.6 Å². The summed E-state index contributed by atoms with van der Waals surface area (Å²) in [6.07, 6.45) is 0. The molecule has 3 aromatic rings.